The van der Waals surface area contributed by atoms with Gasteiger partial charge in [0.1, 0.15) is 18.1 Å². The molecule has 1 aliphatic heterocycles. The van der Waals surface area contributed by atoms with Gasteiger partial charge in [-0.15, -0.1) is 0 Å². The first kappa shape index (κ1) is 19.1. The van der Waals surface area contributed by atoms with E-state index in [9.17, 15) is 0 Å². The van der Waals surface area contributed by atoms with Crippen LogP contribution in [0.3, 0.4) is 0 Å². The summed E-state index contributed by atoms with van der Waals surface area (Å²) in [6, 6.07) is 13.3. The van der Waals surface area contributed by atoms with Crippen molar-refractivity contribution in [2.45, 2.75) is 45.5 Å². The van der Waals surface area contributed by atoms with Crippen LogP contribution in [-0.4, -0.2) is 25.4 Å². The molecule has 2 aromatic carbocycles. The number of hydrogen-bond acceptors (Lipinski definition) is 4. The number of methoxy groups -OCH3 is 1. The Balaban J connectivity index is 1.82. The Kier molecular flexibility index (Phi) is 5.24. The minimum Gasteiger partial charge on any atom is -0.497 e. The third kappa shape index (κ3) is 3.70. The number of benzene rings is 2. The molecule has 4 nitrogen and oxygen atoms in total. The zero-order valence-electron chi connectivity index (χ0n) is 15.8. The van der Waals surface area contributed by atoms with Crippen molar-refractivity contribution in [3.8, 4) is 11.5 Å². The molecule has 138 valence electrons. The summed E-state index contributed by atoms with van der Waals surface area (Å²) in [5.41, 5.74) is 1.02. The van der Waals surface area contributed by atoms with Gasteiger partial charge in [-0.1, -0.05) is 35.9 Å². The number of hydrogen-bond donors (Lipinski definition) is 0. The van der Waals surface area contributed by atoms with E-state index < -0.39 is 18.3 Å². The van der Waals surface area contributed by atoms with Gasteiger partial charge >= 0.3 is 7.12 Å². The molecule has 1 aliphatic rings. The monoisotopic (exact) mass is 374 g/mol. The summed E-state index contributed by atoms with van der Waals surface area (Å²) in [5, 5.41) is 0.590. The highest BCUT2D eigenvalue weighted by atomic mass is 35.5. The lowest BCUT2D eigenvalue weighted by Gasteiger charge is -2.32. The minimum absolute atomic E-state index is 0.389. The van der Waals surface area contributed by atoms with E-state index in [1.165, 1.54) is 0 Å². The summed E-state index contributed by atoms with van der Waals surface area (Å²) in [4.78, 5) is 0. The zero-order chi connectivity index (χ0) is 18.9. The molecule has 0 aromatic heterocycles. The van der Waals surface area contributed by atoms with E-state index in [-0.39, 0.29) is 0 Å². The Hall–Kier alpha value is -1.69. The highest BCUT2D eigenvalue weighted by Crippen LogP contribution is 2.37. The first-order valence-corrected chi connectivity index (χ1v) is 9.01. The van der Waals surface area contributed by atoms with Gasteiger partial charge in [0.05, 0.1) is 23.3 Å². The van der Waals surface area contributed by atoms with Gasteiger partial charge in [0, 0.05) is 5.46 Å². The van der Waals surface area contributed by atoms with Crippen LogP contribution in [0.4, 0.5) is 0 Å². The van der Waals surface area contributed by atoms with Gasteiger partial charge in [-0.3, -0.25) is 0 Å². The van der Waals surface area contributed by atoms with E-state index in [1.54, 1.807) is 13.2 Å². The van der Waals surface area contributed by atoms with Gasteiger partial charge in [-0.05, 0) is 51.5 Å². The molecule has 0 spiro atoms. The van der Waals surface area contributed by atoms with Crippen LogP contribution >= 0.6 is 11.6 Å². The summed E-state index contributed by atoms with van der Waals surface area (Å²) in [7, 11) is 1.15. The predicted octanol–water partition coefficient (Wildman–Crippen LogP) is 4.23. The predicted molar refractivity (Wildman–Crippen MR) is 104 cm³/mol. The Labute approximate surface area is 160 Å². The van der Waals surface area contributed by atoms with Crippen LogP contribution in [-0.2, 0) is 15.9 Å². The van der Waals surface area contributed by atoms with Gasteiger partial charge in [0.15, 0.2) is 0 Å². The number of ether oxygens (including phenoxy) is 2. The highest BCUT2D eigenvalue weighted by molar-refractivity contribution is 6.63. The Morgan fingerprint density at radius 2 is 1.62 bits per heavy atom. The normalized spacial score (nSPS) is 18.0. The fourth-order valence-electron chi connectivity index (χ4n) is 2.75. The Morgan fingerprint density at radius 3 is 2.23 bits per heavy atom. The number of para-hydroxylation sites is 1. The molecule has 0 radical (unpaired) electrons. The number of halogens is 1. The van der Waals surface area contributed by atoms with Crippen LogP contribution in [0.1, 0.15) is 33.3 Å². The molecule has 0 aliphatic carbocycles. The topological polar surface area (TPSA) is 36.9 Å². The number of rotatable bonds is 5. The molecule has 1 heterocycles. The summed E-state index contributed by atoms with van der Waals surface area (Å²) >= 11 is 6.15. The van der Waals surface area contributed by atoms with Crippen LogP contribution in [0.15, 0.2) is 42.5 Å². The van der Waals surface area contributed by atoms with Crippen LogP contribution < -0.4 is 14.9 Å². The quantitative estimate of drug-likeness (QED) is 0.734. The van der Waals surface area contributed by atoms with E-state index in [0.717, 1.165) is 16.8 Å². The second-order valence-electron chi connectivity index (χ2n) is 7.38. The maximum atomic E-state index is 6.17. The van der Waals surface area contributed by atoms with Gasteiger partial charge in [-0.2, -0.15) is 0 Å². The molecule has 1 fully saturated rings. The summed E-state index contributed by atoms with van der Waals surface area (Å²) in [5.74, 6) is 1.38. The zero-order valence-corrected chi connectivity index (χ0v) is 16.6. The lowest BCUT2D eigenvalue weighted by atomic mass is 9.77. The molecule has 1 saturated heterocycles. The van der Waals surface area contributed by atoms with Gasteiger partial charge in [0.2, 0.25) is 0 Å². The molecule has 0 unspecified atom stereocenters. The van der Waals surface area contributed by atoms with Gasteiger partial charge in [0.25, 0.3) is 0 Å². The van der Waals surface area contributed by atoms with Crippen LogP contribution in [0.25, 0.3) is 0 Å². The second kappa shape index (κ2) is 7.14. The molecule has 0 N–H and O–H groups in total. The third-order valence-electron chi connectivity index (χ3n) is 5.03. The summed E-state index contributed by atoms with van der Waals surface area (Å²) < 4.78 is 23.7. The van der Waals surface area contributed by atoms with Crippen LogP contribution in [0, 0.1) is 0 Å². The van der Waals surface area contributed by atoms with Crippen LogP contribution in [0.2, 0.25) is 5.02 Å². The van der Waals surface area contributed by atoms with Crippen molar-refractivity contribution in [2.75, 3.05) is 7.11 Å². The molecule has 3 rings (SSSR count). The summed E-state index contributed by atoms with van der Waals surface area (Å²) in [6.07, 6.45) is 0. The fraction of sp³-hybridized carbons (Fsp3) is 0.400. The maximum Gasteiger partial charge on any atom is 0.498 e. The minimum atomic E-state index is -0.491. The van der Waals surface area contributed by atoms with E-state index >= 15 is 0 Å². The SMILES string of the molecule is COc1ccc(COc2ccccc2Cl)cc1B1OC(C)(C)C(C)(C)O1. The molecular formula is C20H24BClO4. The molecule has 2 aromatic rings. The fourth-order valence-corrected chi connectivity index (χ4v) is 2.94. The van der Waals surface area contributed by atoms with Crippen LogP contribution in [0.5, 0.6) is 11.5 Å². The van der Waals surface area contributed by atoms with Gasteiger partial charge < -0.3 is 18.8 Å². The Morgan fingerprint density at radius 1 is 0.962 bits per heavy atom. The van der Waals surface area contributed by atoms with Crippen molar-refractivity contribution >= 4 is 24.2 Å². The molecule has 0 bridgehead atoms. The smallest absolute Gasteiger partial charge is 0.497 e. The molecule has 0 saturated carbocycles. The van der Waals surface area contributed by atoms with Gasteiger partial charge in [-0.25, -0.2) is 0 Å². The maximum absolute atomic E-state index is 6.17. The molecule has 26 heavy (non-hydrogen) atoms. The molecule has 6 heteroatoms. The lowest BCUT2D eigenvalue weighted by Crippen LogP contribution is -2.41. The third-order valence-corrected chi connectivity index (χ3v) is 5.34. The lowest BCUT2D eigenvalue weighted by molar-refractivity contribution is 0.00578. The van der Waals surface area contributed by atoms with Crippen molar-refractivity contribution in [1.82, 2.24) is 0 Å². The van der Waals surface area contributed by atoms with E-state index in [2.05, 4.69) is 0 Å². The van der Waals surface area contributed by atoms with Crippen molar-refractivity contribution in [2.24, 2.45) is 0 Å². The molecule has 0 amide bonds. The van der Waals surface area contributed by atoms with Crippen molar-refractivity contribution < 1.29 is 18.8 Å². The largest absolute Gasteiger partial charge is 0.498 e. The highest BCUT2D eigenvalue weighted by Gasteiger charge is 2.52. The van der Waals surface area contributed by atoms with E-state index in [0.29, 0.717) is 17.4 Å². The Bertz CT molecular complexity index is 775. The van der Waals surface area contributed by atoms with Crippen molar-refractivity contribution in [3.05, 3.63) is 53.1 Å². The average Bonchev–Trinajstić information content (AvgIpc) is 2.81. The average molecular weight is 375 g/mol. The molecular weight excluding hydrogens is 350 g/mol. The second-order valence-corrected chi connectivity index (χ2v) is 7.79. The van der Waals surface area contributed by atoms with Crippen molar-refractivity contribution in [3.63, 3.8) is 0 Å². The standard InChI is InChI=1S/C20H24BClO4/c1-19(2)20(3,4)26-21(25-19)15-12-14(10-11-17(15)23-5)13-24-18-9-7-6-8-16(18)22/h6-12H,13H2,1-5H3. The van der Waals surface area contributed by atoms with E-state index in [4.69, 9.17) is 30.4 Å². The summed E-state index contributed by atoms with van der Waals surface area (Å²) in [6.45, 7) is 8.52. The first-order valence-electron chi connectivity index (χ1n) is 8.63. The van der Waals surface area contributed by atoms with Crippen molar-refractivity contribution in [1.29, 1.82) is 0 Å². The first-order chi connectivity index (χ1) is 12.2. The van der Waals surface area contributed by atoms with E-state index in [1.807, 2.05) is 64.1 Å². The molecule has 0 atom stereocenters.